The predicted molar refractivity (Wildman–Crippen MR) is 100 cm³/mol. The molecule has 1 atom stereocenters. The molecule has 0 aromatic heterocycles. The number of carbonyl (C=O) groups is 1. The van der Waals surface area contributed by atoms with Crippen LogP contribution in [0.3, 0.4) is 0 Å². The summed E-state index contributed by atoms with van der Waals surface area (Å²) in [4.78, 5) is 17.1. The predicted octanol–water partition coefficient (Wildman–Crippen LogP) is 3.11. The largest absolute Gasteiger partial charge is 0.383 e. The minimum absolute atomic E-state index is 0.119. The second kappa shape index (κ2) is 9.47. The fraction of sp³-hybridized carbons (Fsp3) is 0.667. The molecule has 2 heterocycles. The fourth-order valence-electron chi connectivity index (χ4n) is 4.50. The summed E-state index contributed by atoms with van der Waals surface area (Å²) in [5, 5.41) is 0. The van der Waals surface area contributed by atoms with E-state index in [-0.39, 0.29) is 11.7 Å². The van der Waals surface area contributed by atoms with Crippen LogP contribution in [0, 0.1) is 11.7 Å². The smallest absolute Gasteiger partial charge is 0.226 e. The third-order valence-corrected chi connectivity index (χ3v) is 5.93. The molecule has 3 rings (SSSR count). The highest BCUT2D eigenvalue weighted by Gasteiger charge is 2.33. The number of carbonyl (C=O) groups excluding carboxylic acids is 1. The van der Waals surface area contributed by atoms with Crippen molar-refractivity contribution in [2.45, 2.75) is 44.6 Å². The summed E-state index contributed by atoms with van der Waals surface area (Å²) in [7, 11) is 1.77. The highest BCUT2D eigenvalue weighted by Crippen LogP contribution is 2.30. The van der Waals surface area contributed by atoms with Crippen LogP contribution in [-0.2, 0) is 16.0 Å². The Morgan fingerprint density at radius 1 is 1.19 bits per heavy atom. The number of ether oxygens (including phenoxy) is 1. The highest BCUT2D eigenvalue weighted by molar-refractivity contribution is 5.78. The molecule has 0 bridgehead atoms. The van der Waals surface area contributed by atoms with Crippen molar-refractivity contribution in [3.05, 3.63) is 35.6 Å². The average Bonchev–Trinajstić information content (AvgIpc) is 2.67. The number of hydrogen-bond donors (Lipinski definition) is 0. The molecule has 0 radical (unpaired) electrons. The van der Waals surface area contributed by atoms with Gasteiger partial charge in [0.15, 0.2) is 0 Å². The number of amides is 1. The molecule has 2 aliphatic heterocycles. The van der Waals surface area contributed by atoms with E-state index in [1.165, 1.54) is 37.9 Å². The lowest BCUT2D eigenvalue weighted by Crippen LogP contribution is -2.49. The minimum Gasteiger partial charge on any atom is -0.383 e. The summed E-state index contributed by atoms with van der Waals surface area (Å²) in [5.41, 5.74) is 0.759. The third-order valence-electron chi connectivity index (χ3n) is 5.93. The van der Waals surface area contributed by atoms with Gasteiger partial charge in [0.05, 0.1) is 13.0 Å². The van der Waals surface area contributed by atoms with Gasteiger partial charge in [-0.25, -0.2) is 4.39 Å². The molecule has 0 N–H and O–H groups in total. The van der Waals surface area contributed by atoms with Crippen molar-refractivity contribution in [2.24, 2.45) is 5.92 Å². The van der Waals surface area contributed by atoms with E-state index in [9.17, 15) is 9.18 Å². The van der Waals surface area contributed by atoms with Crippen LogP contribution in [0.1, 0.15) is 37.7 Å². The van der Waals surface area contributed by atoms with Crippen LogP contribution in [0.25, 0.3) is 0 Å². The topological polar surface area (TPSA) is 32.8 Å². The van der Waals surface area contributed by atoms with E-state index in [1.807, 2.05) is 11.0 Å². The van der Waals surface area contributed by atoms with Crippen molar-refractivity contribution in [1.82, 2.24) is 9.80 Å². The quantitative estimate of drug-likeness (QED) is 0.780. The van der Waals surface area contributed by atoms with Gasteiger partial charge >= 0.3 is 0 Å². The van der Waals surface area contributed by atoms with E-state index >= 15 is 0 Å². The molecule has 0 aliphatic carbocycles. The molecule has 5 heteroatoms. The Hall–Kier alpha value is -1.46. The third kappa shape index (κ3) is 5.04. The molecular weight excluding hydrogens is 331 g/mol. The number of piperidine rings is 2. The summed E-state index contributed by atoms with van der Waals surface area (Å²) in [6.07, 6.45) is 6.31. The number of rotatable bonds is 6. The monoisotopic (exact) mass is 362 g/mol. The fourth-order valence-corrected chi connectivity index (χ4v) is 4.50. The number of likely N-dealkylation sites (tertiary alicyclic amines) is 2. The maximum atomic E-state index is 13.3. The maximum Gasteiger partial charge on any atom is 0.226 e. The van der Waals surface area contributed by atoms with Crippen molar-refractivity contribution in [2.75, 3.05) is 39.9 Å². The summed E-state index contributed by atoms with van der Waals surface area (Å²) in [6.45, 7) is 4.63. The molecule has 26 heavy (non-hydrogen) atoms. The van der Waals surface area contributed by atoms with Crippen molar-refractivity contribution >= 4 is 5.91 Å². The Bertz CT molecular complexity index is 587. The summed E-state index contributed by atoms with van der Waals surface area (Å²) < 4.78 is 18.6. The lowest BCUT2D eigenvalue weighted by molar-refractivity contribution is -0.132. The van der Waals surface area contributed by atoms with E-state index in [0.717, 1.165) is 44.6 Å². The van der Waals surface area contributed by atoms with Gasteiger partial charge in [0.25, 0.3) is 0 Å². The minimum atomic E-state index is -0.276. The first-order valence-electron chi connectivity index (χ1n) is 9.92. The average molecular weight is 362 g/mol. The molecule has 0 unspecified atom stereocenters. The van der Waals surface area contributed by atoms with E-state index < -0.39 is 0 Å². The molecule has 2 fully saturated rings. The Kier molecular flexibility index (Phi) is 7.03. The SMILES string of the molecule is COCCN1CCCC[C@H]1C1CCN(C(=O)Cc2cccc(F)c2)CC1. The lowest BCUT2D eigenvalue weighted by atomic mass is 9.83. The van der Waals surface area contributed by atoms with Crippen molar-refractivity contribution in [3.63, 3.8) is 0 Å². The van der Waals surface area contributed by atoms with Crippen molar-refractivity contribution in [3.8, 4) is 0 Å². The van der Waals surface area contributed by atoms with Crippen molar-refractivity contribution in [1.29, 1.82) is 0 Å². The van der Waals surface area contributed by atoms with Gasteiger partial charge in [-0.15, -0.1) is 0 Å². The molecule has 1 amide bonds. The van der Waals surface area contributed by atoms with Gasteiger partial charge in [-0.1, -0.05) is 18.6 Å². The second-order valence-electron chi connectivity index (χ2n) is 7.62. The van der Waals surface area contributed by atoms with Gasteiger partial charge < -0.3 is 9.64 Å². The zero-order chi connectivity index (χ0) is 18.4. The second-order valence-corrected chi connectivity index (χ2v) is 7.62. The van der Waals surface area contributed by atoms with Crippen LogP contribution in [-0.4, -0.2) is 61.6 Å². The van der Waals surface area contributed by atoms with Crippen LogP contribution in [0.5, 0.6) is 0 Å². The van der Waals surface area contributed by atoms with Crippen LogP contribution in [0.4, 0.5) is 4.39 Å². The van der Waals surface area contributed by atoms with Crippen LogP contribution in [0.2, 0.25) is 0 Å². The first-order chi connectivity index (χ1) is 12.7. The van der Waals surface area contributed by atoms with E-state index in [2.05, 4.69) is 4.90 Å². The summed E-state index contributed by atoms with van der Waals surface area (Å²) in [5.74, 6) is 0.516. The molecule has 1 aromatic rings. The number of nitrogens with zero attached hydrogens (tertiary/aromatic N) is 2. The van der Waals surface area contributed by atoms with Crippen LogP contribution < -0.4 is 0 Å². The molecule has 144 valence electrons. The van der Waals surface area contributed by atoms with Crippen LogP contribution >= 0.6 is 0 Å². The van der Waals surface area contributed by atoms with E-state index in [4.69, 9.17) is 4.74 Å². The number of hydrogen-bond acceptors (Lipinski definition) is 3. The number of methoxy groups -OCH3 is 1. The first-order valence-corrected chi connectivity index (χ1v) is 9.92. The Labute approximate surface area is 156 Å². The van der Waals surface area contributed by atoms with Crippen molar-refractivity contribution < 1.29 is 13.9 Å². The zero-order valence-electron chi connectivity index (χ0n) is 15.8. The highest BCUT2D eigenvalue weighted by atomic mass is 19.1. The maximum absolute atomic E-state index is 13.3. The van der Waals surface area contributed by atoms with Gasteiger partial charge in [0, 0.05) is 32.8 Å². The summed E-state index contributed by atoms with van der Waals surface area (Å²) >= 11 is 0. The van der Waals surface area contributed by atoms with Gasteiger partial charge in [-0.05, 0) is 55.8 Å². The normalized spacial score (nSPS) is 22.5. The Morgan fingerprint density at radius 3 is 2.73 bits per heavy atom. The van der Waals surface area contributed by atoms with Gasteiger partial charge in [-0.3, -0.25) is 9.69 Å². The molecule has 0 saturated carbocycles. The summed E-state index contributed by atoms with van der Waals surface area (Å²) in [6, 6.07) is 7.00. The Balaban J connectivity index is 1.50. The van der Waals surface area contributed by atoms with Crippen LogP contribution in [0.15, 0.2) is 24.3 Å². The van der Waals surface area contributed by atoms with E-state index in [1.54, 1.807) is 13.2 Å². The molecule has 2 aliphatic rings. The number of halogens is 1. The molecule has 2 saturated heterocycles. The standard InChI is InChI=1S/C21H31FN2O2/c1-26-14-13-23-10-3-2-7-20(23)18-8-11-24(12-9-18)21(25)16-17-5-4-6-19(22)15-17/h4-6,15,18,20H,2-3,7-14,16H2,1H3/t20-/m0/s1. The first kappa shape index (κ1) is 19.3. The van der Waals surface area contributed by atoms with Gasteiger partial charge in [0.1, 0.15) is 5.82 Å². The molecule has 0 spiro atoms. The molecular formula is C21H31FN2O2. The Morgan fingerprint density at radius 2 is 2.00 bits per heavy atom. The van der Waals surface area contributed by atoms with Gasteiger partial charge in [0.2, 0.25) is 5.91 Å². The molecule has 4 nitrogen and oxygen atoms in total. The number of benzene rings is 1. The van der Waals surface area contributed by atoms with Gasteiger partial charge in [-0.2, -0.15) is 0 Å². The van der Waals surface area contributed by atoms with E-state index in [0.29, 0.717) is 18.4 Å². The molecule has 1 aromatic carbocycles. The lowest BCUT2D eigenvalue weighted by Gasteiger charge is -2.43. The zero-order valence-corrected chi connectivity index (χ0v) is 15.8.